The Morgan fingerprint density at radius 3 is 3.11 bits per heavy atom. The maximum Gasteiger partial charge on any atom is 0.251 e. The first-order valence-corrected chi connectivity index (χ1v) is 6.73. The molecule has 2 rings (SSSR count). The number of nitrogens with zero attached hydrogens (tertiary/aromatic N) is 2. The summed E-state index contributed by atoms with van der Waals surface area (Å²) in [5.74, 6) is 0.454. The average Bonchev–Trinajstić information content (AvgIpc) is 2.93. The lowest BCUT2D eigenvalue weighted by Gasteiger charge is -2.13. The number of likely N-dealkylation sites (tertiary alicyclic amines) is 1. The standard InChI is InChI=1S/C15H19N3O/c1-2-18-7-6-13(11-18)10-17-15(19)14-5-3-4-12(8-14)9-16/h3-5,8,13H,2,6-7,10-11H2,1H3,(H,17,19). The smallest absolute Gasteiger partial charge is 0.251 e. The Labute approximate surface area is 114 Å². The van der Waals surface area contributed by atoms with Crippen molar-refractivity contribution >= 4 is 5.91 Å². The van der Waals surface area contributed by atoms with Crippen LogP contribution >= 0.6 is 0 Å². The molecule has 1 fully saturated rings. The Balaban J connectivity index is 1.86. The highest BCUT2D eigenvalue weighted by Gasteiger charge is 2.21. The highest BCUT2D eigenvalue weighted by Crippen LogP contribution is 2.14. The molecule has 0 aliphatic carbocycles. The van der Waals surface area contributed by atoms with Gasteiger partial charge in [0.2, 0.25) is 0 Å². The van der Waals surface area contributed by atoms with Crippen molar-refractivity contribution in [1.29, 1.82) is 5.26 Å². The average molecular weight is 257 g/mol. The number of hydrogen-bond donors (Lipinski definition) is 1. The first-order chi connectivity index (χ1) is 9.22. The van der Waals surface area contributed by atoms with E-state index in [-0.39, 0.29) is 5.91 Å². The second kappa shape index (κ2) is 6.35. The van der Waals surface area contributed by atoms with Crippen molar-refractivity contribution in [1.82, 2.24) is 10.2 Å². The van der Waals surface area contributed by atoms with Crippen LogP contribution in [0.1, 0.15) is 29.3 Å². The van der Waals surface area contributed by atoms with Gasteiger partial charge in [0, 0.05) is 18.7 Å². The Morgan fingerprint density at radius 1 is 1.58 bits per heavy atom. The van der Waals surface area contributed by atoms with Crippen LogP contribution in [0.2, 0.25) is 0 Å². The fraction of sp³-hybridized carbons (Fsp3) is 0.467. The third-order valence-electron chi connectivity index (χ3n) is 3.62. The van der Waals surface area contributed by atoms with Crippen LogP contribution < -0.4 is 5.32 Å². The fourth-order valence-electron chi connectivity index (χ4n) is 2.44. The van der Waals surface area contributed by atoms with Gasteiger partial charge in [-0.15, -0.1) is 0 Å². The summed E-state index contributed by atoms with van der Waals surface area (Å²) < 4.78 is 0. The van der Waals surface area contributed by atoms with Crippen LogP contribution in [0, 0.1) is 17.2 Å². The van der Waals surface area contributed by atoms with E-state index in [2.05, 4.69) is 17.1 Å². The summed E-state index contributed by atoms with van der Waals surface area (Å²) in [5.41, 5.74) is 1.08. The van der Waals surface area contributed by atoms with Gasteiger partial charge < -0.3 is 10.2 Å². The first-order valence-electron chi connectivity index (χ1n) is 6.73. The Hall–Kier alpha value is -1.86. The molecule has 0 bridgehead atoms. The van der Waals surface area contributed by atoms with Crippen LogP contribution in [0.3, 0.4) is 0 Å². The molecule has 0 radical (unpaired) electrons. The molecule has 19 heavy (non-hydrogen) atoms. The maximum absolute atomic E-state index is 12.0. The third-order valence-corrected chi connectivity index (χ3v) is 3.62. The molecule has 0 aromatic heterocycles. The van der Waals surface area contributed by atoms with E-state index in [1.54, 1.807) is 24.3 Å². The van der Waals surface area contributed by atoms with E-state index >= 15 is 0 Å². The van der Waals surface area contributed by atoms with Gasteiger partial charge in [0.05, 0.1) is 11.6 Å². The molecule has 1 aliphatic rings. The van der Waals surface area contributed by atoms with Crippen LogP contribution in [0.5, 0.6) is 0 Å². The van der Waals surface area contributed by atoms with Crippen LogP contribution in [-0.2, 0) is 0 Å². The molecule has 1 amide bonds. The molecule has 1 unspecified atom stereocenters. The predicted molar refractivity (Wildman–Crippen MR) is 73.7 cm³/mol. The van der Waals surface area contributed by atoms with E-state index in [0.717, 1.165) is 26.1 Å². The summed E-state index contributed by atoms with van der Waals surface area (Å²) in [6.07, 6.45) is 1.15. The number of rotatable bonds is 4. The summed E-state index contributed by atoms with van der Waals surface area (Å²) >= 11 is 0. The number of amides is 1. The summed E-state index contributed by atoms with van der Waals surface area (Å²) in [5, 5.41) is 11.8. The molecule has 4 heteroatoms. The number of hydrogen-bond acceptors (Lipinski definition) is 3. The highest BCUT2D eigenvalue weighted by molar-refractivity contribution is 5.94. The van der Waals surface area contributed by atoms with E-state index in [9.17, 15) is 4.79 Å². The maximum atomic E-state index is 12.0. The van der Waals surface area contributed by atoms with Crippen molar-refractivity contribution in [2.24, 2.45) is 5.92 Å². The molecule has 1 aliphatic heterocycles. The van der Waals surface area contributed by atoms with Crippen LogP contribution in [0.4, 0.5) is 0 Å². The molecule has 0 spiro atoms. The minimum absolute atomic E-state index is 0.0907. The minimum atomic E-state index is -0.0907. The molecule has 1 aromatic carbocycles. The van der Waals surface area contributed by atoms with Crippen molar-refractivity contribution in [2.75, 3.05) is 26.2 Å². The number of carbonyl (C=O) groups is 1. The predicted octanol–water partition coefficient (Wildman–Crippen LogP) is 1.63. The van der Waals surface area contributed by atoms with Crippen molar-refractivity contribution in [3.05, 3.63) is 35.4 Å². The molecule has 1 N–H and O–H groups in total. The second-order valence-corrected chi connectivity index (χ2v) is 4.95. The van der Waals surface area contributed by atoms with Gasteiger partial charge in [-0.25, -0.2) is 0 Å². The normalized spacial score (nSPS) is 19.1. The lowest BCUT2D eigenvalue weighted by molar-refractivity contribution is 0.0947. The largest absolute Gasteiger partial charge is 0.352 e. The third kappa shape index (κ3) is 3.55. The minimum Gasteiger partial charge on any atom is -0.352 e. The topological polar surface area (TPSA) is 56.1 Å². The molecule has 100 valence electrons. The molecule has 1 atom stereocenters. The van der Waals surface area contributed by atoms with E-state index in [4.69, 9.17) is 5.26 Å². The quantitative estimate of drug-likeness (QED) is 0.892. The van der Waals surface area contributed by atoms with Crippen LogP contribution in [0.25, 0.3) is 0 Å². The molecular formula is C15H19N3O. The molecule has 4 nitrogen and oxygen atoms in total. The number of benzene rings is 1. The lowest BCUT2D eigenvalue weighted by atomic mass is 10.1. The monoisotopic (exact) mass is 257 g/mol. The van der Waals surface area contributed by atoms with Crippen LogP contribution in [0.15, 0.2) is 24.3 Å². The number of nitriles is 1. The zero-order valence-corrected chi connectivity index (χ0v) is 11.2. The molecule has 1 aromatic rings. The van der Waals surface area contributed by atoms with Crippen molar-refractivity contribution in [3.8, 4) is 6.07 Å². The Kier molecular flexibility index (Phi) is 4.53. The summed E-state index contributed by atoms with van der Waals surface area (Å²) in [4.78, 5) is 14.4. The van der Waals surface area contributed by atoms with Crippen molar-refractivity contribution in [3.63, 3.8) is 0 Å². The lowest BCUT2D eigenvalue weighted by Crippen LogP contribution is -2.31. The van der Waals surface area contributed by atoms with Gasteiger partial charge in [0.15, 0.2) is 0 Å². The van der Waals surface area contributed by atoms with Gasteiger partial charge in [-0.1, -0.05) is 13.0 Å². The summed E-state index contributed by atoms with van der Waals surface area (Å²) in [6, 6.07) is 8.85. The highest BCUT2D eigenvalue weighted by atomic mass is 16.1. The van der Waals surface area contributed by atoms with E-state index in [1.807, 2.05) is 6.07 Å². The van der Waals surface area contributed by atoms with Gasteiger partial charge in [-0.3, -0.25) is 4.79 Å². The summed E-state index contributed by atoms with van der Waals surface area (Å²) in [6.45, 7) is 6.14. The van der Waals surface area contributed by atoms with E-state index < -0.39 is 0 Å². The Morgan fingerprint density at radius 2 is 2.42 bits per heavy atom. The number of nitrogens with one attached hydrogen (secondary N) is 1. The van der Waals surface area contributed by atoms with E-state index in [1.165, 1.54) is 0 Å². The summed E-state index contributed by atoms with van der Waals surface area (Å²) in [7, 11) is 0. The second-order valence-electron chi connectivity index (χ2n) is 4.95. The SMILES string of the molecule is CCN1CCC(CNC(=O)c2cccc(C#N)c2)C1. The molecule has 1 saturated heterocycles. The number of carbonyl (C=O) groups excluding carboxylic acids is 1. The Bertz CT molecular complexity index is 492. The van der Waals surface area contributed by atoms with Gasteiger partial charge in [0.25, 0.3) is 5.91 Å². The zero-order chi connectivity index (χ0) is 13.7. The van der Waals surface area contributed by atoms with Crippen molar-refractivity contribution < 1.29 is 4.79 Å². The van der Waals surface area contributed by atoms with Gasteiger partial charge in [0.1, 0.15) is 0 Å². The van der Waals surface area contributed by atoms with Gasteiger partial charge >= 0.3 is 0 Å². The van der Waals surface area contributed by atoms with Crippen molar-refractivity contribution in [2.45, 2.75) is 13.3 Å². The fourth-order valence-corrected chi connectivity index (χ4v) is 2.44. The van der Waals surface area contributed by atoms with Crippen LogP contribution in [-0.4, -0.2) is 37.0 Å². The zero-order valence-electron chi connectivity index (χ0n) is 11.2. The van der Waals surface area contributed by atoms with Gasteiger partial charge in [-0.2, -0.15) is 5.26 Å². The molecule has 1 heterocycles. The molecular weight excluding hydrogens is 238 g/mol. The van der Waals surface area contributed by atoms with Gasteiger partial charge in [-0.05, 0) is 43.6 Å². The molecule has 0 saturated carbocycles. The first kappa shape index (κ1) is 13.6. The van der Waals surface area contributed by atoms with E-state index in [0.29, 0.717) is 23.6 Å².